The number of rotatable bonds is 4. The summed E-state index contributed by atoms with van der Waals surface area (Å²) >= 11 is 3.42. The Morgan fingerprint density at radius 1 is 1.14 bits per heavy atom. The lowest BCUT2D eigenvalue weighted by Crippen LogP contribution is -2.51. The van der Waals surface area contributed by atoms with Gasteiger partial charge in [0.05, 0.1) is 5.41 Å². The summed E-state index contributed by atoms with van der Waals surface area (Å²) in [7, 11) is 0. The zero-order valence-electron chi connectivity index (χ0n) is 15.8. The molecule has 1 unspecified atom stereocenters. The minimum atomic E-state index is -0.707. The first-order valence-electron chi connectivity index (χ1n) is 9.46. The van der Waals surface area contributed by atoms with Crippen LogP contribution in [0.3, 0.4) is 0 Å². The Hall–Kier alpha value is -2.93. The van der Waals surface area contributed by atoms with Gasteiger partial charge in [-0.25, -0.2) is 0 Å². The van der Waals surface area contributed by atoms with Crippen molar-refractivity contribution in [1.29, 1.82) is 0 Å². The molecular formula is C22H20BrN3O3. The van der Waals surface area contributed by atoms with Gasteiger partial charge in [-0.15, -0.1) is 0 Å². The van der Waals surface area contributed by atoms with Gasteiger partial charge in [0.1, 0.15) is 5.69 Å². The number of halogens is 1. The fraction of sp³-hybridized carbons (Fsp3) is 0.227. The lowest BCUT2D eigenvalue weighted by Gasteiger charge is -2.35. The molecule has 0 aliphatic carbocycles. The number of benzene rings is 2. The number of piperidine rings is 1. The standard InChI is InChI=1S/C22H20BrN3O3/c1-2-22(10-9-19(27)26-21(22)29)14-4-7-16(8-5-14)24-20(28)18-11-13-3-6-15(23)12-17(13)25-18/h3-8,11-12,25H,2,9-10H2,1H3,(H,24,28)(H,26,27,29). The van der Waals surface area contributed by atoms with Crippen LogP contribution in [-0.4, -0.2) is 22.7 Å². The van der Waals surface area contributed by atoms with Crippen LogP contribution in [0.5, 0.6) is 0 Å². The molecule has 3 N–H and O–H groups in total. The van der Waals surface area contributed by atoms with Crippen LogP contribution in [-0.2, 0) is 15.0 Å². The number of hydrogen-bond donors (Lipinski definition) is 3. The van der Waals surface area contributed by atoms with E-state index in [1.54, 1.807) is 18.2 Å². The molecule has 1 aliphatic rings. The van der Waals surface area contributed by atoms with E-state index >= 15 is 0 Å². The third-order valence-electron chi connectivity index (χ3n) is 5.59. The van der Waals surface area contributed by atoms with Gasteiger partial charge in [0.25, 0.3) is 5.91 Å². The highest BCUT2D eigenvalue weighted by molar-refractivity contribution is 9.10. The zero-order valence-corrected chi connectivity index (χ0v) is 17.4. The van der Waals surface area contributed by atoms with Crippen LogP contribution < -0.4 is 10.6 Å². The van der Waals surface area contributed by atoms with E-state index in [1.807, 2.05) is 37.3 Å². The maximum atomic E-state index is 12.6. The summed E-state index contributed by atoms with van der Waals surface area (Å²) in [6.45, 7) is 1.94. The van der Waals surface area contributed by atoms with Gasteiger partial charge in [0, 0.05) is 27.5 Å². The number of nitrogens with one attached hydrogen (secondary N) is 3. The largest absolute Gasteiger partial charge is 0.350 e. The fourth-order valence-corrected chi connectivity index (χ4v) is 4.22. The van der Waals surface area contributed by atoms with Crippen LogP contribution in [0, 0.1) is 0 Å². The van der Waals surface area contributed by atoms with Crippen molar-refractivity contribution in [1.82, 2.24) is 10.3 Å². The quantitative estimate of drug-likeness (QED) is 0.515. The first kappa shape index (κ1) is 19.4. The molecule has 2 heterocycles. The molecule has 29 heavy (non-hydrogen) atoms. The van der Waals surface area contributed by atoms with Crippen molar-refractivity contribution in [2.45, 2.75) is 31.6 Å². The number of imide groups is 1. The summed E-state index contributed by atoms with van der Waals surface area (Å²) in [4.78, 5) is 39.7. The maximum absolute atomic E-state index is 12.6. The van der Waals surface area contributed by atoms with E-state index in [-0.39, 0.29) is 17.7 Å². The number of carbonyl (C=O) groups excluding carboxylic acids is 3. The Morgan fingerprint density at radius 3 is 2.59 bits per heavy atom. The Kier molecular flexibility index (Phi) is 5.00. The topological polar surface area (TPSA) is 91.1 Å². The van der Waals surface area contributed by atoms with E-state index in [9.17, 15) is 14.4 Å². The highest BCUT2D eigenvalue weighted by Crippen LogP contribution is 2.36. The molecule has 1 atom stereocenters. The minimum absolute atomic E-state index is 0.228. The molecule has 4 rings (SSSR count). The molecule has 1 aliphatic heterocycles. The van der Waals surface area contributed by atoms with Gasteiger partial charge in [-0.2, -0.15) is 0 Å². The molecule has 3 amide bonds. The van der Waals surface area contributed by atoms with Crippen molar-refractivity contribution in [2.75, 3.05) is 5.32 Å². The minimum Gasteiger partial charge on any atom is -0.350 e. The maximum Gasteiger partial charge on any atom is 0.272 e. The Morgan fingerprint density at radius 2 is 1.90 bits per heavy atom. The van der Waals surface area contributed by atoms with E-state index in [1.165, 1.54) is 0 Å². The summed E-state index contributed by atoms with van der Waals surface area (Å²) in [5.74, 6) is -0.720. The smallest absolute Gasteiger partial charge is 0.272 e. The third-order valence-corrected chi connectivity index (χ3v) is 6.09. The number of hydrogen-bond acceptors (Lipinski definition) is 3. The van der Waals surface area contributed by atoms with E-state index in [4.69, 9.17) is 0 Å². The second-order valence-corrected chi connectivity index (χ2v) is 8.17. The van der Waals surface area contributed by atoms with Crippen molar-refractivity contribution in [3.8, 4) is 0 Å². The predicted octanol–water partition coefficient (Wildman–Crippen LogP) is 4.27. The fourth-order valence-electron chi connectivity index (χ4n) is 3.86. The van der Waals surface area contributed by atoms with Crippen molar-refractivity contribution in [3.05, 3.63) is 64.3 Å². The summed E-state index contributed by atoms with van der Waals surface area (Å²) in [5, 5.41) is 6.28. The Labute approximate surface area is 176 Å². The third kappa shape index (κ3) is 3.58. The summed E-state index contributed by atoms with van der Waals surface area (Å²) in [6, 6.07) is 14.8. The average Bonchev–Trinajstić information content (AvgIpc) is 3.13. The lowest BCUT2D eigenvalue weighted by atomic mass is 9.72. The van der Waals surface area contributed by atoms with E-state index in [0.717, 1.165) is 20.9 Å². The zero-order chi connectivity index (χ0) is 20.6. The molecule has 1 aromatic heterocycles. The number of anilines is 1. The summed E-state index contributed by atoms with van der Waals surface area (Å²) < 4.78 is 0.938. The van der Waals surface area contributed by atoms with E-state index < -0.39 is 5.41 Å². The molecule has 1 saturated heterocycles. The first-order valence-corrected chi connectivity index (χ1v) is 10.2. The summed E-state index contributed by atoms with van der Waals surface area (Å²) in [5.41, 5.74) is 2.12. The van der Waals surface area contributed by atoms with Gasteiger partial charge in [-0.3, -0.25) is 19.7 Å². The molecule has 1 fully saturated rings. The second kappa shape index (κ2) is 7.48. The molecular weight excluding hydrogens is 434 g/mol. The average molecular weight is 454 g/mol. The molecule has 0 radical (unpaired) electrons. The molecule has 0 spiro atoms. The van der Waals surface area contributed by atoms with Gasteiger partial charge in [-0.1, -0.05) is 41.1 Å². The van der Waals surface area contributed by atoms with Crippen molar-refractivity contribution < 1.29 is 14.4 Å². The van der Waals surface area contributed by atoms with E-state index in [2.05, 4.69) is 31.5 Å². The van der Waals surface area contributed by atoms with Crippen LogP contribution in [0.2, 0.25) is 0 Å². The summed E-state index contributed by atoms with van der Waals surface area (Å²) in [6.07, 6.45) is 1.42. The van der Waals surface area contributed by atoms with Gasteiger partial charge in [0.15, 0.2) is 0 Å². The van der Waals surface area contributed by atoms with Crippen molar-refractivity contribution in [3.63, 3.8) is 0 Å². The van der Waals surface area contributed by atoms with E-state index in [0.29, 0.717) is 30.6 Å². The molecule has 0 bridgehead atoms. The predicted molar refractivity (Wildman–Crippen MR) is 115 cm³/mol. The monoisotopic (exact) mass is 453 g/mol. The van der Waals surface area contributed by atoms with Crippen molar-refractivity contribution >= 4 is 50.2 Å². The molecule has 7 heteroatoms. The number of aromatic amines is 1. The van der Waals surface area contributed by atoms with Gasteiger partial charge in [0.2, 0.25) is 11.8 Å². The van der Waals surface area contributed by atoms with Crippen molar-refractivity contribution in [2.24, 2.45) is 0 Å². The Balaban J connectivity index is 1.53. The SMILES string of the molecule is CCC1(c2ccc(NC(=O)c3cc4ccc(Br)cc4[nH]3)cc2)CCC(=O)NC1=O. The molecule has 6 nitrogen and oxygen atoms in total. The van der Waals surface area contributed by atoms with Crippen LogP contribution >= 0.6 is 15.9 Å². The molecule has 0 saturated carbocycles. The van der Waals surface area contributed by atoms with Gasteiger partial charge in [-0.05, 0) is 48.7 Å². The lowest BCUT2D eigenvalue weighted by molar-refractivity contribution is -0.138. The second-order valence-electron chi connectivity index (χ2n) is 7.26. The van der Waals surface area contributed by atoms with Crippen LogP contribution in [0.15, 0.2) is 53.0 Å². The van der Waals surface area contributed by atoms with Crippen LogP contribution in [0.4, 0.5) is 5.69 Å². The van der Waals surface area contributed by atoms with Crippen LogP contribution in [0.25, 0.3) is 10.9 Å². The molecule has 3 aromatic rings. The normalized spacial score (nSPS) is 19.2. The molecule has 148 valence electrons. The number of aromatic nitrogens is 1. The molecule has 2 aromatic carbocycles. The highest BCUT2D eigenvalue weighted by atomic mass is 79.9. The number of H-pyrrole nitrogens is 1. The number of amides is 3. The van der Waals surface area contributed by atoms with Crippen LogP contribution in [0.1, 0.15) is 42.2 Å². The van der Waals surface area contributed by atoms with Gasteiger partial charge < -0.3 is 10.3 Å². The first-order chi connectivity index (χ1) is 13.9. The Bertz CT molecular complexity index is 1120. The number of carbonyl (C=O) groups is 3. The number of fused-ring (bicyclic) bond motifs is 1. The van der Waals surface area contributed by atoms with Gasteiger partial charge >= 0.3 is 0 Å². The highest BCUT2D eigenvalue weighted by Gasteiger charge is 2.42.